The zero-order valence-corrected chi connectivity index (χ0v) is 8.86. The number of nitrogens with zero attached hydrogens (tertiary/aromatic N) is 1. The standard InChI is InChI=1S/C9H15NOS/c1-5-11-8-10-7(6-12-8)9(2,3)4/h6H,5H2,1-4H3. The Morgan fingerprint density at radius 1 is 1.50 bits per heavy atom. The van der Waals surface area contributed by atoms with Gasteiger partial charge in [0.05, 0.1) is 12.3 Å². The van der Waals surface area contributed by atoms with E-state index in [1.807, 2.05) is 6.92 Å². The second-order valence-electron chi connectivity index (χ2n) is 3.68. The van der Waals surface area contributed by atoms with Gasteiger partial charge in [-0.1, -0.05) is 32.1 Å². The van der Waals surface area contributed by atoms with Crippen molar-refractivity contribution in [3.63, 3.8) is 0 Å². The van der Waals surface area contributed by atoms with Gasteiger partial charge in [0.1, 0.15) is 0 Å². The van der Waals surface area contributed by atoms with Crippen LogP contribution in [0.4, 0.5) is 0 Å². The molecule has 0 amide bonds. The Bertz CT molecular complexity index is 249. The van der Waals surface area contributed by atoms with Gasteiger partial charge in [-0.25, -0.2) is 4.98 Å². The van der Waals surface area contributed by atoms with E-state index in [0.29, 0.717) is 6.61 Å². The maximum atomic E-state index is 5.29. The maximum Gasteiger partial charge on any atom is 0.273 e. The predicted molar refractivity (Wildman–Crippen MR) is 52.0 cm³/mol. The minimum absolute atomic E-state index is 0.131. The van der Waals surface area contributed by atoms with Crippen molar-refractivity contribution in [3.8, 4) is 5.19 Å². The highest BCUT2D eigenvalue weighted by atomic mass is 32.1. The Balaban J connectivity index is 2.77. The number of aromatic nitrogens is 1. The molecular formula is C9H15NOS. The van der Waals surface area contributed by atoms with E-state index in [1.165, 1.54) is 0 Å². The predicted octanol–water partition coefficient (Wildman–Crippen LogP) is 2.84. The third-order valence-corrected chi connectivity index (χ3v) is 2.27. The van der Waals surface area contributed by atoms with Crippen LogP contribution in [0.2, 0.25) is 0 Å². The summed E-state index contributed by atoms with van der Waals surface area (Å²) in [6.45, 7) is 9.11. The third-order valence-electron chi connectivity index (χ3n) is 1.52. The van der Waals surface area contributed by atoms with Crippen LogP contribution in [0.25, 0.3) is 0 Å². The van der Waals surface area contributed by atoms with Gasteiger partial charge in [-0.3, -0.25) is 0 Å². The van der Waals surface area contributed by atoms with Crippen molar-refractivity contribution in [1.29, 1.82) is 0 Å². The Hall–Kier alpha value is -0.570. The fourth-order valence-electron chi connectivity index (χ4n) is 0.792. The van der Waals surface area contributed by atoms with Crippen molar-refractivity contribution in [2.75, 3.05) is 6.61 Å². The lowest BCUT2D eigenvalue weighted by atomic mass is 9.93. The first kappa shape index (κ1) is 9.52. The molecule has 0 N–H and O–H groups in total. The monoisotopic (exact) mass is 185 g/mol. The lowest BCUT2D eigenvalue weighted by molar-refractivity contribution is 0.336. The van der Waals surface area contributed by atoms with Crippen molar-refractivity contribution in [3.05, 3.63) is 11.1 Å². The van der Waals surface area contributed by atoms with Crippen LogP contribution in [0.5, 0.6) is 5.19 Å². The van der Waals surface area contributed by atoms with Gasteiger partial charge in [0.25, 0.3) is 5.19 Å². The maximum absolute atomic E-state index is 5.29. The summed E-state index contributed by atoms with van der Waals surface area (Å²) in [5.41, 5.74) is 1.24. The number of rotatable bonds is 2. The van der Waals surface area contributed by atoms with E-state index in [2.05, 4.69) is 31.1 Å². The van der Waals surface area contributed by atoms with Gasteiger partial charge in [-0.05, 0) is 6.92 Å². The zero-order valence-electron chi connectivity index (χ0n) is 8.05. The first-order valence-corrected chi connectivity index (χ1v) is 5.01. The Kier molecular flexibility index (Phi) is 2.73. The lowest BCUT2D eigenvalue weighted by Crippen LogP contribution is -2.11. The molecule has 0 aromatic carbocycles. The number of hydrogen-bond donors (Lipinski definition) is 0. The molecule has 0 saturated heterocycles. The summed E-state index contributed by atoms with van der Waals surface area (Å²) in [6.07, 6.45) is 0. The minimum atomic E-state index is 0.131. The van der Waals surface area contributed by atoms with Crippen molar-refractivity contribution < 1.29 is 4.74 Å². The van der Waals surface area contributed by atoms with Crippen LogP contribution in [-0.4, -0.2) is 11.6 Å². The molecule has 0 aliphatic carbocycles. The van der Waals surface area contributed by atoms with E-state index in [1.54, 1.807) is 11.3 Å². The van der Waals surface area contributed by atoms with Crippen LogP contribution in [0.15, 0.2) is 5.38 Å². The van der Waals surface area contributed by atoms with Crippen LogP contribution in [-0.2, 0) is 5.41 Å². The molecule has 0 spiro atoms. The fraction of sp³-hybridized carbons (Fsp3) is 0.667. The molecule has 0 unspecified atom stereocenters. The number of ether oxygens (including phenoxy) is 1. The minimum Gasteiger partial charge on any atom is -0.470 e. The first-order valence-electron chi connectivity index (χ1n) is 4.13. The molecule has 0 fully saturated rings. The van der Waals surface area contributed by atoms with E-state index >= 15 is 0 Å². The molecule has 1 aromatic heterocycles. The molecular weight excluding hydrogens is 170 g/mol. The molecule has 0 saturated carbocycles. The third kappa shape index (κ3) is 2.21. The molecule has 0 aliphatic heterocycles. The topological polar surface area (TPSA) is 22.1 Å². The highest BCUT2D eigenvalue weighted by Gasteiger charge is 2.17. The van der Waals surface area contributed by atoms with E-state index in [-0.39, 0.29) is 5.41 Å². The molecule has 1 heterocycles. The van der Waals surface area contributed by atoms with E-state index in [0.717, 1.165) is 10.9 Å². The van der Waals surface area contributed by atoms with Crippen molar-refractivity contribution in [1.82, 2.24) is 4.98 Å². The fourth-order valence-corrected chi connectivity index (χ4v) is 1.75. The van der Waals surface area contributed by atoms with Crippen molar-refractivity contribution in [2.45, 2.75) is 33.1 Å². The Morgan fingerprint density at radius 2 is 2.17 bits per heavy atom. The summed E-state index contributed by atoms with van der Waals surface area (Å²) in [5, 5.41) is 2.84. The van der Waals surface area contributed by atoms with Gasteiger partial charge in [-0.15, -0.1) is 0 Å². The molecule has 2 nitrogen and oxygen atoms in total. The molecule has 0 aliphatic rings. The summed E-state index contributed by atoms with van der Waals surface area (Å²) in [7, 11) is 0. The second kappa shape index (κ2) is 3.44. The SMILES string of the molecule is CCOc1nc(C(C)(C)C)cs1. The first-order chi connectivity index (χ1) is 5.54. The average molecular weight is 185 g/mol. The van der Waals surface area contributed by atoms with Crippen molar-refractivity contribution in [2.24, 2.45) is 0 Å². The molecule has 1 aromatic rings. The summed E-state index contributed by atoms with van der Waals surface area (Å²) in [4.78, 5) is 4.37. The van der Waals surface area contributed by atoms with Gasteiger partial charge >= 0.3 is 0 Å². The Labute approximate surface area is 77.6 Å². The van der Waals surface area contributed by atoms with Gasteiger partial charge in [-0.2, -0.15) is 0 Å². The highest BCUT2D eigenvalue weighted by molar-refractivity contribution is 7.11. The van der Waals surface area contributed by atoms with E-state index in [4.69, 9.17) is 4.74 Å². The molecule has 68 valence electrons. The number of thiazole rings is 1. The highest BCUT2D eigenvalue weighted by Crippen LogP contribution is 2.27. The quantitative estimate of drug-likeness (QED) is 0.707. The van der Waals surface area contributed by atoms with Crippen molar-refractivity contribution >= 4 is 11.3 Å². The van der Waals surface area contributed by atoms with Gasteiger partial charge in [0, 0.05) is 10.8 Å². The summed E-state index contributed by atoms with van der Waals surface area (Å²) >= 11 is 1.57. The van der Waals surface area contributed by atoms with Gasteiger partial charge in [0.15, 0.2) is 0 Å². The average Bonchev–Trinajstić information content (AvgIpc) is 2.35. The summed E-state index contributed by atoms with van der Waals surface area (Å²) in [5.74, 6) is 0. The smallest absolute Gasteiger partial charge is 0.273 e. The number of hydrogen-bond acceptors (Lipinski definition) is 3. The van der Waals surface area contributed by atoms with Crippen LogP contribution in [0.3, 0.4) is 0 Å². The van der Waals surface area contributed by atoms with Crippen LogP contribution in [0, 0.1) is 0 Å². The normalized spacial score (nSPS) is 11.7. The molecule has 12 heavy (non-hydrogen) atoms. The lowest BCUT2D eigenvalue weighted by Gasteiger charge is -2.13. The van der Waals surface area contributed by atoms with E-state index in [9.17, 15) is 0 Å². The summed E-state index contributed by atoms with van der Waals surface area (Å²) < 4.78 is 5.29. The van der Waals surface area contributed by atoms with Gasteiger partial charge in [0.2, 0.25) is 0 Å². The molecule has 3 heteroatoms. The zero-order chi connectivity index (χ0) is 9.19. The molecule has 1 rings (SSSR count). The molecule has 0 bridgehead atoms. The van der Waals surface area contributed by atoms with Gasteiger partial charge < -0.3 is 4.74 Å². The Morgan fingerprint density at radius 3 is 2.58 bits per heavy atom. The van der Waals surface area contributed by atoms with Crippen LogP contribution < -0.4 is 4.74 Å². The largest absolute Gasteiger partial charge is 0.470 e. The molecule has 0 radical (unpaired) electrons. The summed E-state index contributed by atoms with van der Waals surface area (Å²) in [6, 6.07) is 0. The second-order valence-corrected chi connectivity index (χ2v) is 4.50. The van der Waals surface area contributed by atoms with Crippen LogP contribution >= 0.6 is 11.3 Å². The van der Waals surface area contributed by atoms with E-state index < -0.39 is 0 Å². The van der Waals surface area contributed by atoms with Crippen LogP contribution in [0.1, 0.15) is 33.4 Å². The molecule has 0 atom stereocenters.